The van der Waals surface area contributed by atoms with Gasteiger partial charge in [-0.3, -0.25) is 13.9 Å². The summed E-state index contributed by atoms with van der Waals surface area (Å²) < 4.78 is 47.6. The molecule has 3 aromatic carbocycles. The maximum atomic E-state index is 14.0. The van der Waals surface area contributed by atoms with E-state index in [2.05, 4.69) is 5.32 Å². The Labute approximate surface area is 242 Å². The first-order chi connectivity index (χ1) is 19.5. The quantitative estimate of drug-likeness (QED) is 0.304. The van der Waals surface area contributed by atoms with Gasteiger partial charge < -0.3 is 15.0 Å². The lowest BCUT2D eigenvalue weighted by atomic mass is 10.1. The first kappa shape index (κ1) is 31.6. The van der Waals surface area contributed by atoms with Crippen molar-refractivity contribution in [1.82, 2.24) is 10.2 Å². The maximum absolute atomic E-state index is 14.0. The van der Waals surface area contributed by atoms with Gasteiger partial charge in [-0.1, -0.05) is 43.7 Å². The van der Waals surface area contributed by atoms with E-state index in [9.17, 15) is 22.4 Å². The summed E-state index contributed by atoms with van der Waals surface area (Å²) in [6, 6.07) is 17.3. The predicted molar refractivity (Wildman–Crippen MR) is 158 cm³/mol. The molecule has 220 valence electrons. The van der Waals surface area contributed by atoms with E-state index in [1.165, 1.54) is 48.4 Å². The molecule has 3 aromatic rings. The third-order valence-electron chi connectivity index (χ3n) is 6.90. The number of nitrogens with zero attached hydrogens (tertiary/aromatic N) is 2. The van der Waals surface area contributed by atoms with E-state index < -0.39 is 34.3 Å². The molecular weight excluding hydrogens is 545 g/mol. The van der Waals surface area contributed by atoms with Crippen LogP contribution in [0.15, 0.2) is 77.7 Å². The lowest BCUT2D eigenvalue weighted by Crippen LogP contribution is -2.53. The van der Waals surface area contributed by atoms with Crippen LogP contribution in [0.3, 0.4) is 0 Å². The van der Waals surface area contributed by atoms with Gasteiger partial charge in [0.2, 0.25) is 11.8 Å². The van der Waals surface area contributed by atoms with E-state index in [4.69, 9.17) is 4.74 Å². The first-order valence-corrected chi connectivity index (χ1v) is 15.0. The average Bonchev–Trinajstić information content (AvgIpc) is 2.97. The van der Waals surface area contributed by atoms with Crippen LogP contribution in [0.25, 0.3) is 0 Å². The van der Waals surface area contributed by atoms with Crippen LogP contribution in [0.5, 0.6) is 5.75 Å². The van der Waals surface area contributed by atoms with Gasteiger partial charge in [0.25, 0.3) is 10.0 Å². The number of halogens is 1. The highest BCUT2D eigenvalue weighted by Crippen LogP contribution is 2.26. The van der Waals surface area contributed by atoms with E-state index >= 15 is 0 Å². The van der Waals surface area contributed by atoms with E-state index in [1.807, 2.05) is 52.0 Å². The van der Waals surface area contributed by atoms with Crippen molar-refractivity contribution in [2.75, 3.05) is 18.0 Å². The Balaban J connectivity index is 2.05. The van der Waals surface area contributed by atoms with Crippen LogP contribution in [0.1, 0.15) is 44.7 Å². The number of nitrogens with one attached hydrogen (secondary N) is 1. The van der Waals surface area contributed by atoms with Gasteiger partial charge in [0.1, 0.15) is 24.2 Å². The number of ether oxygens (including phenoxy) is 1. The molecule has 0 aromatic heterocycles. The van der Waals surface area contributed by atoms with Crippen molar-refractivity contribution in [3.63, 3.8) is 0 Å². The fourth-order valence-corrected chi connectivity index (χ4v) is 5.68. The summed E-state index contributed by atoms with van der Waals surface area (Å²) in [5.41, 5.74) is 1.95. The second-order valence-corrected chi connectivity index (χ2v) is 11.8. The molecule has 2 atom stereocenters. The molecule has 2 amide bonds. The molecular formula is C31H38FN3O5S. The molecule has 3 rings (SSSR count). The number of anilines is 1. The highest BCUT2D eigenvalue weighted by Gasteiger charge is 2.34. The van der Waals surface area contributed by atoms with Crippen molar-refractivity contribution in [2.24, 2.45) is 0 Å². The van der Waals surface area contributed by atoms with Crippen molar-refractivity contribution in [3.05, 3.63) is 89.7 Å². The summed E-state index contributed by atoms with van der Waals surface area (Å²) in [6.07, 6.45) is 1.04. The molecule has 8 nitrogen and oxygen atoms in total. The van der Waals surface area contributed by atoms with Crippen LogP contribution in [0.4, 0.5) is 10.1 Å². The number of hydrogen-bond donors (Lipinski definition) is 1. The normalized spacial score (nSPS) is 12.7. The fraction of sp³-hybridized carbons (Fsp3) is 0.355. The Hall–Kier alpha value is -3.92. The molecule has 0 radical (unpaired) electrons. The van der Waals surface area contributed by atoms with Crippen LogP contribution in [-0.4, -0.2) is 50.9 Å². The minimum absolute atomic E-state index is 0.0675. The van der Waals surface area contributed by atoms with Crippen LogP contribution in [-0.2, 0) is 26.2 Å². The van der Waals surface area contributed by atoms with E-state index in [-0.39, 0.29) is 29.1 Å². The number of aryl methyl sites for hydroxylation is 1. The zero-order chi connectivity index (χ0) is 30.2. The Morgan fingerprint density at radius 3 is 2.07 bits per heavy atom. The van der Waals surface area contributed by atoms with Crippen LogP contribution in [0, 0.1) is 12.7 Å². The van der Waals surface area contributed by atoms with Gasteiger partial charge in [-0.25, -0.2) is 12.8 Å². The Bertz CT molecular complexity index is 1410. The lowest BCUT2D eigenvalue weighted by molar-refractivity contribution is -0.140. The van der Waals surface area contributed by atoms with Gasteiger partial charge in [-0.15, -0.1) is 0 Å². The van der Waals surface area contributed by atoms with Gasteiger partial charge in [-0.2, -0.15) is 0 Å². The number of amides is 2. The minimum Gasteiger partial charge on any atom is -0.497 e. The Kier molecular flexibility index (Phi) is 10.9. The SMILES string of the molecule is CCC(C)NC(=O)C(CC)N(Cc1ccc(C)cc1)C(=O)CN(c1ccc(F)cc1)S(=O)(=O)c1ccc(OC)cc1. The smallest absolute Gasteiger partial charge is 0.264 e. The van der Waals surface area contributed by atoms with Crippen LogP contribution in [0.2, 0.25) is 0 Å². The van der Waals surface area contributed by atoms with Crippen molar-refractivity contribution in [2.45, 2.75) is 64.1 Å². The summed E-state index contributed by atoms with van der Waals surface area (Å²) in [5.74, 6) is -0.960. The third-order valence-corrected chi connectivity index (χ3v) is 8.69. The number of benzene rings is 3. The van der Waals surface area contributed by atoms with Crippen molar-refractivity contribution < 1.29 is 27.1 Å². The molecule has 2 unspecified atom stereocenters. The van der Waals surface area contributed by atoms with Crippen molar-refractivity contribution in [1.29, 1.82) is 0 Å². The number of carbonyl (C=O) groups excluding carboxylic acids is 2. The molecule has 0 bridgehead atoms. The molecule has 0 saturated carbocycles. The second kappa shape index (κ2) is 14.1. The Morgan fingerprint density at radius 1 is 0.927 bits per heavy atom. The maximum Gasteiger partial charge on any atom is 0.264 e. The highest BCUT2D eigenvalue weighted by molar-refractivity contribution is 7.92. The van der Waals surface area contributed by atoms with E-state index in [1.54, 1.807) is 0 Å². The van der Waals surface area contributed by atoms with Gasteiger partial charge in [0, 0.05) is 12.6 Å². The van der Waals surface area contributed by atoms with Crippen molar-refractivity contribution in [3.8, 4) is 5.75 Å². The number of methoxy groups -OCH3 is 1. The number of carbonyl (C=O) groups is 2. The minimum atomic E-state index is -4.27. The number of hydrogen-bond acceptors (Lipinski definition) is 5. The van der Waals surface area contributed by atoms with Crippen molar-refractivity contribution >= 4 is 27.5 Å². The zero-order valence-corrected chi connectivity index (χ0v) is 24.9. The monoisotopic (exact) mass is 583 g/mol. The van der Waals surface area contributed by atoms with Gasteiger partial charge in [-0.05, 0) is 80.8 Å². The molecule has 0 spiro atoms. The molecule has 0 aliphatic rings. The molecule has 0 aliphatic carbocycles. The van der Waals surface area contributed by atoms with Crippen LogP contribution < -0.4 is 14.4 Å². The zero-order valence-electron chi connectivity index (χ0n) is 24.1. The molecule has 0 fully saturated rings. The summed E-state index contributed by atoms with van der Waals surface area (Å²) in [4.78, 5) is 28.7. The molecule has 41 heavy (non-hydrogen) atoms. The predicted octanol–water partition coefficient (Wildman–Crippen LogP) is 5.06. The van der Waals surface area contributed by atoms with E-state index in [0.29, 0.717) is 18.6 Å². The number of rotatable bonds is 13. The topological polar surface area (TPSA) is 96.0 Å². The summed E-state index contributed by atoms with van der Waals surface area (Å²) in [6.45, 7) is 7.10. The standard InChI is InChI=1S/C31H38FN3O5S/c1-6-23(4)33-31(37)29(7-2)34(20-24-10-8-22(3)9-11-24)30(36)21-35(26-14-12-25(32)13-15-26)41(38,39)28-18-16-27(40-5)17-19-28/h8-19,23,29H,6-7,20-21H2,1-5H3,(H,33,37). The van der Waals surface area contributed by atoms with Crippen LogP contribution >= 0.6 is 0 Å². The molecule has 0 aliphatic heterocycles. The Morgan fingerprint density at radius 2 is 1.54 bits per heavy atom. The first-order valence-electron chi connectivity index (χ1n) is 13.6. The lowest BCUT2D eigenvalue weighted by Gasteiger charge is -2.33. The van der Waals surface area contributed by atoms with Gasteiger partial charge in [0.05, 0.1) is 17.7 Å². The molecule has 0 saturated heterocycles. The molecule has 0 heterocycles. The second-order valence-electron chi connectivity index (χ2n) is 9.91. The molecule has 1 N–H and O–H groups in total. The van der Waals surface area contributed by atoms with Gasteiger partial charge >= 0.3 is 0 Å². The third kappa shape index (κ3) is 8.07. The summed E-state index contributed by atoms with van der Waals surface area (Å²) in [5, 5.41) is 2.95. The largest absolute Gasteiger partial charge is 0.497 e. The summed E-state index contributed by atoms with van der Waals surface area (Å²) in [7, 11) is -2.80. The average molecular weight is 584 g/mol. The highest BCUT2D eigenvalue weighted by atomic mass is 32.2. The van der Waals surface area contributed by atoms with E-state index in [0.717, 1.165) is 27.6 Å². The van der Waals surface area contributed by atoms with Gasteiger partial charge in [0.15, 0.2) is 0 Å². The molecule has 10 heteroatoms. The fourth-order valence-electron chi connectivity index (χ4n) is 4.26. The summed E-state index contributed by atoms with van der Waals surface area (Å²) >= 11 is 0. The number of sulfonamides is 1.